The first-order chi connectivity index (χ1) is 8.72. The molecule has 19 heavy (non-hydrogen) atoms. The summed E-state index contributed by atoms with van der Waals surface area (Å²) in [5.41, 5.74) is 5.08. The van der Waals surface area contributed by atoms with Gasteiger partial charge in [0.25, 0.3) is 0 Å². The Labute approximate surface area is 116 Å². The van der Waals surface area contributed by atoms with Gasteiger partial charge < -0.3 is 20.5 Å². The zero-order chi connectivity index (χ0) is 14.8. The molecule has 3 N–H and O–H groups in total. The van der Waals surface area contributed by atoms with Crippen LogP contribution >= 0.6 is 0 Å². The Kier molecular flexibility index (Phi) is 4.98. The lowest BCUT2D eigenvalue weighted by Gasteiger charge is -2.59. The number of nitrogens with two attached hydrogens (primary N) is 1. The number of nitrogens with zero attached hydrogens (tertiary/aromatic N) is 1. The van der Waals surface area contributed by atoms with Gasteiger partial charge in [0.2, 0.25) is 5.91 Å². The molecule has 0 aliphatic heterocycles. The Morgan fingerprint density at radius 1 is 1.53 bits per heavy atom. The van der Waals surface area contributed by atoms with Crippen LogP contribution < -0.4 is 5.73 Å². The number of carbonyl (C=O) groups is 1. The molecular formula is C14H28N2O3. The molecule has 5 nitrogen and oxygen atoms in total. The number of ether oxygens (including phenoxy) is 1. The Morgan fingerprint density at radius 2 is 2.11 bits per heavy atom. The largest absolute Gasteiger partial charge is 0.395 e. The van der Waals surface area contributed by atoms with Crippen molar-refractivity contribution in [2.45, 2.75) is 58.7 Å². The summed E-state index contributed by atoms with van der Waals surface area (Å²) in [6, 6.07) is 0.0296. The molecule has 0 heterocycles. The molecule has 1 saturated carbocycles. The molecule has 5 heteroatoms. The molecule has 1 aliphatic rings. The molecule has 0 spiro atoms. The molecule has 0 aromatic carbocycles. The predicted octanol–water partition coefficient (Wildman–Crippen LogP) is 0.748. The number of hydrogen-bond acceptors (Lipinski definition) is 4. The fraction of sp³-hybridized carbons (Fsp3) is 0.929. The van der Waals surface area contributed by atoms with Gasteiger partial charge in [-0.3, -0.25) is 4.79 Å². The molecule has 0 aromatic rings. The van der Waals surface area contributed by atoms with E-state index in [2.05, 4.69) is 0 Å². The van der Waals surface area contributed by atoms with Crippen LogP contribution in [0.4, 0.5) is 0 Å². The molecule has 1 rings (SSSR count). The highest BCUT2D eigenvalue weighted by Crippen LogP contribution is 2.50. The van der Waals surface area contributed by atoms with Crippen LogP contribution in [0.3, 0.4) is 0 Å². The zero-order valence-corrected chi connectivity index (χ0v) is 12.8. The maximum atomic E-state index is 12.7. The molecule has 1 aliphatic carbocycles. The molecule has 0 bridgehead atoms. The van der Waals surface area contributed by atoms with Gasteiger partial charge in [0, 0.05) is 31.0 Å². The lowest BCUT2D eigenvalue weighted by molar-refractivity contribution is -0.181. The lowest BCUT2D eigenvalue weighted by Crippen LogP contribution is -2.76. The van der Waals surface area contributed by atoms with Crippen LogP contribution in [0, 0.1) is 5.41 Å². The SMILES string of the molecule is CCOC1CC(N)(C(=O)N(CCO)C(C)C)C1(C)C. The van der Waals surface area contributed by atoms with E-state index in [-0.39, 0.29) is 30.1 Å². The Hall–Kier alpha value is -0.650. The van der Waals surface area contributed by atoms with Crippen molar-refractivity contribution in [2.75, 3.05) is 19.8 Å². The van der Waals surface area contributed by atoms with Crippen molar-refractivity contribution in [2.24, 2.45) is 11.1 Å². The number of aliphatic hydroxyl groups excluding tert-OH is 1. The van der Waals surface area contributed by atoms with Crippen molar-refractivity contribution < 1.29 is 14.6 Å². The van der Waals surface area contributed by atoms with Crippen molar-refractivity contribution in [3.05, 3.63) is 0 Å². The van der Waals surface area contributed by atoms with Crippen LogP contribution in [0.25, 0.3) is 0 Å². The molecule has 0 radical (unpaired) electrons. The van der Waals surface area contributed by atoms with E-state index < -0.39 is 5.54 Å². The molecule has 2 unspecified atom stereocenters. The first kappa shape index (κ1) is 16.4. The molecule has 112 valence electrons. The highest BCUT2D eigenvalue weighted by atomic mass is 16.5. The average molecular weight is 272 g/mol. The quantitative estimate of drug-likeness (QED) is 0.748. The Bertz CT molecular complexity index is 331. The monoisotopic (exact) mass is 272 g/mol. The molecule has 2 atom stereocenters. The fourth-order valence-electron chi connectivity index (χ4n) is 2.76. The van der Waals surface area contributed by atoms with Crippen molar-refractivity contribution >= 4 is 5.91 Å². The second kappa shape index (κ2) is 5.77. The maximum absolute atomic E-state index is 12.7. The van der Waals surface area contributed by atoms with Gasteiger partial charge in [-0.05, 0) is 20.8 Å². The standard InChI is InChI=1S/C14H28N2O3/c1-6-19-11-9-14(15,13(11,4)5)12(18)16(7-8-17)10(2)3/h10-11,17H,6-9,15H2,1-5H3. The van der Waals surface area contributed by atoms with Gasteiger partial charge in [-0.25, -0.2) is 0 Å². The average Bonchev–Trinajstić information content (AvgIpc) is 2.34. The zero-order valence-electron chi connectivity index (χ0n) is 12.8. The normalized spacial score (nSPS) is 29.2. The van der Waals surface area contributed by atoms with E-state index in [0.717, 1.165) is 0 Å². The first-order valence-electron chi connectivity index (χ1n) is 7.04. The van der Waals surface area contributed by atoms with Crippen molar-refractivity contribution in [1.82, 2.24) is 4.90 Å². The number of aliphatic hydroxyl groups is 1. The van der Waals surface area contributed by atoms with Crippen molar-refractivity contribution in [3.63, 3.8) is 0 Å². The van der Waals surface area contributed by atoms with Gasteiger partial charge in [0.15, 0.2) is 0 Å². The summed E-state index contributed by atoms with van der Waals surface area (Å²) in [5.74, 6) is -0.0856. The van der Waals surface area contributed by atoms with Crippen molar-refractivity contribution in [1.29, 1.82) is 0 Å². The van der Waals surface area contributed by atoms with Gasteiger partial charge >= 0.3 is 0 Å². The molecular weight excluding hydrogens is 244 g/mol. The summed E-state index contributed by atoms with van der Waals surface area (Å²) in [7, 11) is 0. The molecule has 1 amide bonds. The third kappa shape index (κ3) is 2.64. The van der Waals surface area contributed by atoms with Gasteiger partial charge in [-0.1, -0.05) is 13.8 Å². The van der Waals surface area contributed by atoms with Gasteiger partial charge in [0.1, 0.15) is 5.54 Å². The van der Waals surface area contributed by atoms with E-state index in [1.807, 2.05) is 34.6 Å². The lowest BCUT2D eigenvalue weighted by atomic mass is 9.54. The van der Waals surface area contributed by atoms with Crippen LogP contribution in [0.5, 0.6) is 0 Å². The summed E-state index contributed by atoms with van der Waals surface area (Å²) in [6.07, 6.45) is 0.566. The van der Waals surface area contributed by atoms with Crippen LogP contribution in [-0.4, -0.2) is 53.4 Å². The topological polar surface area (TPSA) is 75.8 Å². The number of rotatable bonds is 6. The molecule has 1 fully saturated rings. The summed E-state index contributed by atoms with van der Waals surface area (Å²) < 4.78 is 5.64. The second-order valence-electron chi connectivity index (χ2n) is 6.16. The molecule has 0 saturated heterocycles. The van der Waals surface area contributed by atoms with E-state index in [1.165, 1.54) is 0 Å². The second-order valence-corrected chi connectivity index (χ2v) is 6.16. The molecule has 0 aromatic heterocycles. The van der Waals surface area contributed by atoms with Crippen LogP contribution in [0.15, 0.2) is 0 Å². The maximum Gasteiger partial charge on any atom is 0.243 e. The number of carbonyl (C=O) groups excluding carboxylic acids is 1. The number of hydrogen-bond donors (Lipinski definition) is 2. The summed E-state index contributed by atoms with van der Waals surface area (Å²) in [5, 5.41) is 9.10. The minimum Gasteiger partial charge on any atom is -0.395 e. The van der Waals surface area contributed by atoms with Gasteiger partial charge in [-0.2, -0.15) is 0 Å². The van der Waals surface area contributed by atoms with Crippen LogP contribution in [0.2, 0.25) is 0 Å². The Morgan fingerprint density at radius 3 is 2.47 bits per heavy atom. The van der Waals surface area contributed by atoms with Crippen LogP contribution in [-0.2, 0) is 9.53 Å². The third-order valence-corrected chi connectivity index (χ3v) is 4.44. The van der Waals surface area contributed by atoms with Crippen LogP contribution in [0.1, 0.15) is 41.0 Å². The minimum absolute atomic E-state index is 0.0228. The Balaban J connectivity index is 2.87. The van der Waals surface area contributed by atoms with E-state index in [0.29, 0.717) is 19.6 Å². The first-order valence-corrected chi connectivity index (χ1v) is 7.04. The van der Waals surface area contributed by atoms with E-state index >= 15 is 0 Å². The predicted molar refractivity (Wildman–Crippen MR) is 74.7 cm³/mol. The van der Waals surface area contributed by atoms with E-state index in [1.54, 1.807) is 4.90 Å². The van der Waals surface area contributed by atoms with E-state index in [9.17, 15) is 4.79 Å². The number of amides is 1. The van der Waals surface area contributed by atoms with E-state index in [4.69, 9.17) is 15.6 Å². The van der Waals surface area contributed by atoms with Gasteiger partial charge in [-0.15, -0.1) is 0 Å². The summed E-state index contributed by atoms with van der Waals surface area (Å²) in [4.78, 5) is 14.3. The highest BCUT2D eigenvalue weighted by molar-refractivity contribution is 5.89. The minimum atomic E-state index is -0.897. The smallest absolute Gasteiger partial charge is 0.243 e. The fourth-order valence-corrected chi connectivity index (χ4v) is 2.76. The highest BCUT2D eigenvalue weighted by Gasteiger charge is 2.63. The van der Waals surface area contributed by atoms with Gasteiger partial charge in [0.05, 0.1) is 12.7 Å². The third-order valence-electron chi connectivity index (χ3n) is 4.44. The summed E-state index contributed by atoms with van der Waals surface area (Å²) >= 11 is 0. The van der Waals surface area contributed by atoms with Crippen molar-refractivity contribution in [3.8, 4) is 0 Å². The summed E-state index contributed by atoms with van der Waals surface area (Å²) in [6.45, 7) is 10.7.